The first-order valence-electron chi connectivity index (χ1n) is 7.61. The molecule has 1 aliphatic heterocycles. The third-order valence-electron chi connectivity index (χ3n) is 3.49. The van der Waals surface area contributed by atoms with Crippen LogP contribution in [-0.2, 0) is 9.47 Å². The lowest BCUT2D eigenvalue weighted by atomic mass is 10.2. The van der Waals surface area contributed by atoms with E-state index < -0.39 is 22.7 Å². The lowest BCUT2D eigenvalue weighted by Crippen LogP contribution is -2.36. The molecule has 1 aliphatic rings. The molecule has 1 heterocycles. The second kappa shape index (κ2) is 7.04. The Labute approximate surface area is 140 Å². The van der Waals surface area contributed by atoms with E-state index in [9.17, 15) is 14.9 Å². The van der Waals surface area contributed by atoms with E-state index >= 15 is 0 Å². The van der Waals surface area contributed by atoms with Gasteiger partial charge in [-0.05, 0) is 26.8 Å². The molecule has 1 saturated heterocycles. The summed E-state index contributed by atoms with van der Waals surface area (Å²) in [6.45, 7) is 6.02. The van der Waals surface area contributed by atoms with Crippen LogP contribution in [0.3, 0.4) is 0 Å². The first-order chi connectivity index (χ1) is 11.2. The largest absolute Gasteiger partial charge is 0.486 e. The summed E-state index contributed by atoms with van der Waals surface area (Å²) >= 11 is 0. The maximum Gasteiger partial charge on any atom is 0.410 e. The predicted molar refractivity (Wildman–Crippen MR) is 86.1 cm³/mol. The van der Waals surface area contributed by atoms with Crippen LogP contribution in [0.5, 0.6) is 5.75 Å². The van der Waals surface area contributed by atoms with Gasteiger partial charge in [0.1, 0.15) is 23.6 Å². The van der Waals surface area contributed by atoms with Gasteiger partial charge in [-0.25, -0.2) is 4.79 Å². The van der Waals surface area contributed by atoms with Crippen LogP contribution in [-0.4, -0.2) is 53.9 Å². The zero-order valence-corrected chi connectivity index (χ0v) is 14.2. The van der Waals surface area contributed by atoms with Gasteiger partial charge in [0.2, 0.25) is 0 Å². The van der Waals surface area contributed by atoms with Crippen molar-refractivity contribution in [1.29, 1.82) is 0 Å². The Kier molecular flexibility index (Phi) is 5.28. The molecule has 8 heteroatoms. The van der Waals surface area contributed by atoms with Crippen LogP contribution in [0, 0.1) is 10.1 Å². The number of rotatable bonds is 4. The van der Waals surface area contributed by atoms with E-state index in [-0.39, 0.29) is 18.3 Å². The summed E-state index contributed by atoms with van der Waals surface area (Å²) < 4.78 is 16.5. The Hall–Kier alpha value is -2.35. The number of hydrogen-bond donors (Lipinski definition) is 0. The van der Waals surface area contributed by atoms with E-state index in [1.54, 1.807) is 32.9 Å². The second-order valence-corrected chi connectivity index (χ2v) is 6.57. The quantitative estimate of drug-likeness (QED) is 0.619. The van der Waals surface area contributed by atoms with Crippen molar-refractivity contribution in [1.82, 2.24) is 4.90 Å². The molecule has 24 heavy (non-hydrogen) atoms. The van der Waals surface area contributed by atoms with Crippen molar-refractivity contribution in [3.05, 3.63) is 34.4 Å². The molecule has 0 bridgehead atoms. The number of nitro benzene ring substituents is 1. The number of benzene rings is 1. The number of carbonyl (C=O) groups excluding carboxylic acids is 1. The van der Waals surface area contributed by atoms with E-state index in [0.717, 1.165) is 0 Å². The van der Waals surface area contributed by atoms with Crippen molar-refractivity contribution < 1.29 is 23.9 Å². The van der Waals surface area contributed by atoms with Gasteiger partial charge < -0.3 is 19.1 Å². The Balaban J connectivity index is 2.06. The molecule has 1 fully saturated rings. The smallest absolute Gasteiger partial charge is 0.410 e. The molecular formula is C16H22N2O6. The highest BCUT2D eigenvalue weighted by Crippen LogP contribution is 2.25. The molecular weight excluding hydrogens is 316 g/mol. The fraction of sp³-hybridized carbons (Fsp3) is 0.562. The lowest BCUT2D eigenvalue weighted by Gasteiger charge is -2.24. The van der Waals surface area contributed by atoms with E-state index in [0.29, 0.717) is 12.3 Å². The minimum atomic E-state index is -0.585. The molecule has 2 unspecified atom stereocenters. The third kappa shape index (κ3) is 4.58. The van der Waals surface area contributed by atoms with Crippen LogP contribution in [0.15, 0.2) is 24.3 Å². The fourth-order valence-corrected chi connectivity index (χ4v) is 2.40. The number of nitro groups is 1. The normalized spacial score (nSPS) is 20.8. The maximum atomic E-state index is 12.2. The third-order valence-corrected chi connectivity index (χ3v) is 3.49. The maximum absolute atomic E-state index is 12.2. The van der Waals surface area contributed by atoms with Crippen molar-refractivity contribution in [2.45, 2.75) is 38.6 Å². The van der Waals surface area contributed by atoms with Crippen LogP contribution in [0.25, 0.3) is 0 Å². The van der Waals surface area contributed by atoms with Crippen molar-refractivity contribution in [3.63, 3.8) is 0 Å². The van der Waals surface area contributed by atoms with Crippen molar-refractivity contribution >= 4 is 11.8 Å². The SMILES string of the molecule is COC1CN(C(=O)OC(C)(C)C)CC1Oc1cccc([N+](=O)[O-])c1. The molecule has 1 amide bonds. The number of ether oxygens (including phenoxy) is 3. The summed E-state index contributed by atoms with van der Waals surface area (Å²) in [6.07, 6.45) is -1.20. The van der Waals surface area contributed by atoms with Crippen LogP contribution in [0.4, 0.5) is 10.5 Å². The van der Waals surface area contributed by atoms with Gasteiger partial charge >= 0.3 is 6.09 Å². The lowest BCUT2D eigenvalue weighted by molar-refractivity contribution is -0.385. The summed E-state index contributed by atoms with van der Waals surface area (Å²) in [6, 6.07) is 5.93. The zero-order chi connectivity index (χ0) is 17.9. The van der Waals surface area contributed by atoms with Gasteiger partial charge in [-0.15, -0.1) is 0 Å². The minimum absolute atomic E-state index is 0.0523. The van der Waals surface area contributed by atoms with Gasteiger partial charge in [0.05, 0.1) is 24.1 Å². The molecule has 0 aromatic heterocycles. The highest BCUT2D eigenvalue weighted by molar-refractivity contribution is 5.68. The van der Waals surface area contributed by atoms with Crippen molar-refractivity contribution in [2.75, 3.05) is 20.2 Å². The monoisotopic (exact) mass is 338 g/mol. The Morgan fingerprint density at radius 2 is 1.96 bits per heavy atom. The Morgan fingerprint density at radius 1 is 1.29 bits per heavy atom. The number of carbonyl (C=O) groups is 1. The van der Waals surface area contributed by atoms with Gasteiger partial charge in [0, 0.05) is 13.2 Å². The summed E-state index contributed by atoms with van der Waals surface area (Å²) in [5.74, 6) is 0.363. The van der Waals surface area contributed by atoms with Crippen molar-refractivity contribution in [3.8, 4) is 5.75 Å². The molecule has 0 N–H and O–H groups in total. The number of likely N-dealkylation sites (tertiary alicyclic amines) is 1. The Morgan fingerprint density at radius 3 is 2.54 bits per heavy atom. The zero-order valence-electron chi connectivity index (χ0n) is 14.2. The molecule has 8 nitrogen and oxygen atoms in total. The fourth-order valence-electron chi connectivity index (χ4n) is 2.40. The number of methoxy groups -OCH3 is 1. The standard InChI is InChI=1S/C16H22N2O6/c1-16(2,3)24-15(19)17-9-13(22-4)14(10-17)23-12-7-5-6-11(8-12)18(20)21/h5-8,13-14H,9-10H2,1-4H3. The second-order valence-electron chi connectivity index (χ2n) is 6.57. The average molecular weight is 338 g/mol. The molecule has 0 saturated carbocycles. The van der Waals surface area contributed by atoms with Crippen LogP contribution in [0.2, 0.25) is 0 Å². The highest BCUT2D eigenvalue weighted by Gasteiger charge is 2.39. The summed E-state index contributed by atoms with van der Waals surface area (Å²) in [7, 11) is 1.53. The highest BCUT2D eigenvalue weighted by atomic mass is 16.6. The number of nitrogens with zero attached hydrogens (tertiary/aromatic N) is 2. The Bertz CT molecular complexity index is 613. The van der Waals surface area contributed by atoms with E-state index in [2.05, 4.69) is 0 Å². The van der Waals surface area contributed by atoms with Gasteiger partial charge in [-0.2, -0.15) is 0 Å². The minimum Gasteiger partial charge on any atom is -0.486 e. The molecule has 132 valence electrons. The van der Waals surface area contributed by atoms with Gasteiger partial charge in [-0.3, -0.25) is 10.1 Å². The molecule has 0 aliphatic carbocycles. The van der Waals surface area contributed by atoms with Gasteiger partial charge in [0.25, 0.3) is 5.69 Å². The van der Waals surface area contributed by atoms with Gasteiger partial charge in [-0.1, -0.05) is 6.07 Å². The van der Waals surface area contributed by atoms with Crippen LogP contribution >= 0.6 is 0 Å². The molecule has 0 radical (unpaired) electrons. The summed E-state index contributed by atoms with van der Waals surface area (Å²) in [5, 5.41) is 10.8. The predicted octanol–water partition coefficient (Wildman–Crippen LogP) is 2.61. The van der Waals surface area contributed by atoms with Crippen LogP contribution in [0.1, 0.15) is 20.8 Å². The number of amides is 1. The van der Waals surface area contributed by atoms with Gasteiger partial charge in [0.15, 0.2) is 0 Å². The first kappa shape index (κ1) is 18.0. The molecule has 2 atom stereocenters. The average Bonchev–Trinajstić information content (AvgIpc) is 2.89. The number of non-ortho nitro benzene ring substituents is 1. The van der Waals surface area contributed by atoms with Crippen molar-refractivity contribution in [2.24, 2.45) is 0 Å². The number of hydrogen-bond acceptors (Lipinski definition) is 6. The molecule has 2 rings (SSSR count). The molecule has 0 spiro atoms. The molecule has 1 aromatic carbocycles. The summed E-state index contributed by atoms with van der Waals surface area (Å²) in [5.41, 5.74) is -0.637. The van der Waals surface area contributed by atoms with E-state index in [4.69, 9.17) is 14.2 Å². The summed E-state index contributed by atoms with van der Waals surface area (Å²) in [4.78, 5) is 24.0. The molecule has 1 aromatic rings. The first-order valence-corrected chi connectivity index (χ1v) is 7.61. The van der Waals surface area contributed by atoms with E-state index in [1.165, 1.54) is 24.1 Å². The topological polar surface area (TPSA) is 91.1 Å². The van der Waals surface area contributed by atoms with Crippen LogP contribution < -0.4 is 4.74 Å². The van der Waals surface area contributed by atoms with E-state index in [1.807, 2.05) is 0 Å².